The van der Waals surface area contributed by atoms with Crippen molar-refractivity contribution in [2.45, 2.75) is 18.9 Å². The average Bonchev–Trinajstić information content (AvgIpc) is 3.63. The number of hydrogen-bond donors (Lipinski definition) is 1. The molecule has 0 bridgehead atoms. The number of halogens is 1. The summed E-state index contributed by atoms with van der Waals surface area (Å²) in [5.74, 6) is -0.628. The van der Waals surface area contributed by atoms with Crippen LogP contribution in [0.15, 0.2) is 69.0 Å². The molecule has 0 amide bonds. The normalized spacial score (nSPS) is 13.3. The molecule has 0 spiro atoms. The molecule has 4 aromatic rings. The standard InChI is InChI=1S/C25H24FN5O3/c1-28(2)16-10-8-15(9-11-16)27-19-14-21(32)29(3)23-22(19)24(33)30(17-12-13-17)25(34)31(23)20-7-5-4-6-18(20)26/h4-11,14,17,27H,12-13H2,1-3H3. The van der Waals surface area contributed by atoms with Crippen LogP contribution in [0.4, 0.5) is 21.5 Å². The highest BCUT2D eigenvalue weighted by molar-refractivity contribution is 5.91. The van der Waals surface area contributed by atoms with Crippen LogP contribution in [-0.4, -0.2) is 27.8 Å². The van der Waals surface area contributed by atoms with Gasteiger partial charge in [-0.05, 0) is 49.2 Å². The second-order valence-corrected chi connectivity index (χ2v) is 8.70. The fourth-order valence-electron chi connectivity index (χ4n) is 4.17. The van der Waals surface area contributed by atoms with E-state index in [1.54, 1.807) is 6.07 Å². The number of para-hydroxylation sites is 1. The predicted molar refractivity (Wildman–Crippen MR) is 131 cm³/mol. The minimum Gasteiger partial charge on any atom is -0.378 e. The van der Waals surface area contributed by atoms with Gasteiger partial charge < -0.3 is 10.2 Å². The monoisotopic (exact) mass is 461 g/mol. The summed E-state index contributed by atoms with van der Waals surface area (Å²) in [6.45, 7) is 0. The van der Waals surface area contributed by atoms with E-state index in [0.29, 0.717) is 18.5 Å². The largest absolute Gasteiger partial charge is 0.378 e. The first-order valence-electron chi connectivity index (χ1n) is 11.0. The fourth-order valence-corrected chi connectivity index (χ4v) is 4.17. The highest BCUT2D eigenvalue weighted by atomic mass is 19.1. The van der Waals surface area contributed by atoms with Gasteiger partial charge in [-0.25, -0.2) is 13.8 Å². The fraction of sp³-hybridized carbons (Fsp3) is 0.240. The summed E-state index contributed by atoms with van der Waals surface area (Å²) < 4.78 is 18.4. The molecular formula is C25H24FN5O3. The highest BCUT2D eigenvalue weighted by Crippen LogP contribution is 2.33. The van der Waals surface area contributed by atoms with Crippen LogP contribution in [-0.2, 0) is 7.05 Å². The van der Waals surface area contributed by atoms with Crippen molar-refractivity contribution in [3.63, 3.8) is 0 Å². The molecule has 1 fully saturated rings. The summed E-state index contributed by atoms with van der Waals surface area (Å²) >= 11 is 0. The number of nitrogens with one attached hydrogen (secondary N) is 1. The second kappa shape index (κ2) is 8.02. The second-order valence-electron chi connectivity index (χ2n) is 8.70. The third-order valence-corrected chi connectivity index (χ3v) is 6.12. The van der Waals surface area contributed by atoms with Crippen LogP contribution in [0.2, 0.25) is 0 Å². The molecule has 5 rings (SSSR count). The van der Waals surface area contributed by atoms with Gasteiger partial charge in [0.1, 0.15) is 16.9 Å². The van der Waals surface area contributed by atoms with Gasteiger partial charge in [0.15, 0.2) is 0 Å². The predicted octanol–water partition coefficient (Wildman–Crippen LogP) is 3.13. The number of anilines is 3. The molecule has 9 heteroatoms. The van der Waals surface area contributed by atoms with Gasteiger partial charge in [0, 0.05) is 44.6 Å². The first-order valence-corrected chi connectivity index (χ1v) is 11.0. The van der Waals surface area contributed by atoms with Crippen molar-refractivity contribution in [3.05, 3.63) is 91.6 Å². The Kier molecular flexibility index (Phi) is 5.11. The molecule has 174 valence electrons. The lowest BCUT2D eigenvalue weighted by Gasteiger charge is -2.19. The van der Waals surface area contributed by atoms with Crippen molar-refractivity contribution < 1.29 is 4.39 Å². The molecule has 1 aliphatic carbocycles. The van der Waals surface area contributed by atoms with Crippen molar-refractivity contribution in [1.82, 2.24) is 13.7 Å². The number of rotatable bonds is 5. The van der Waals surface area contributed by atoms with Crippen molar-refractivity contribution >= 4 is 28.1 Å². The zero-order valence-corrected chi connectivity index (χ0v) is 19.1. The topological polar surface area (TPSA) is 81.3 Å². The number of benzene rings is 2. The lowest BCUT2D eigenvalue weighted by molar-refractivity contribution is 0.597. The highest BCUT2D eigenvalue weighted by Gasteiger charge is 2.31. The number of nitrogens with zero attached hydrogens (tertiary/aromatic N) is 4. The summed E-state index contributed by atoms with van der Waals surface area (Å²) in [4.78, 5) is 42.0. The molecular weight excluding hydrogens is 437 g/mol. The molecule has 0 atom stereocenters. The van der Waals surface area contributed by atoms with Gasteiger partial charge >= 0.3 is 5.69 Å². The van der Waals surface area contributed by atoms with Gasteiger partial charge in [0.05, 0.1) is 11.4 Å². The number of aryl methyl sites for hydroxylation is 1. The van der Waals surface area contributed by atoms with Crippen LogP contribution in [0, 0.1) is 5.82 Å². The van der Waals surface area contributed by atoms with Gasteiger partial charge in [0.2, 0.25) is 0 Å². The molecule has 0 radical (unpaired) electrons. The molecule has 0 aliphatic heterocycles. The number of aromatic nitrogens is 3. The van der Waals surface area contributed by atoms with E-state index in [0.717, 1.165) is 10.3 Å². The quantitative estimate of drug-likeness (QED) is 0.494. The molecule has 34 heavy (non-hydrogen) atoms. The van der Waals surface area contributed by atoms with Gasteiger partial charge in [-0.1, -0.05) is 12.1 Å². The minimum absolute atomic E-state index is 0.0191. The molecule has 1 N–H and O–H groups in total. The van der Waals surface area contributed by atoms with Crippen LogP contribution in [0.25, 0.3) is 16.7 Å². The van der Waals surface area contributed by atoms with E-state index in [2.05, 4.69) is 5.32 Å². The van der Waals surface area contributed by atoms with Crippen LogP contribution in [0.3, 0.4) is 0 Å². The van der Waals surface area contributed by atoms with Crippen molar-refractivity contribution in [3.8, 4) is 5.69 Å². The van der Waals surface area contributed by atoms with Gasteiger partial charge in [-0.15, -0.1) is 0 Å². The van der Waals surface area contributed by atoms with E-state index < -0.39 is 22.6 Å². The van der Waals surface area contributed by atoms with Gasteiger partial charge in [-0.3, -0.25) is 18.7 Å². The van der Waals surface area contributed by atoms with Crippen molar-refractivity contribution in [2.24, 2.45) is 7.05 Å². The summed E-state index contributed by atoms with van der Waals surface area (Å²) in [6.07, 6.45) is 1.39. The number of pyridine rings is 1. The average molecular weight is 461 g/mol. The number of fused-ring (bicyclic) bond motifs is 1. The molecule has 0 unspecified atom stereocenters. The van der Waals surface area contributed by atoms with Crippen LogP contribution in [0.5, 0.6) is 0 Å². The Morgan fingerprint density at radius 3 is 2.29 bits per heavy atom. The van der Waals surface area contributed by atoms with E-state index in [-0.39, 0.29) is 28.5 Å². The van der Waals surface area contributed by atoms with Gasteiger partial charge in [-0.2, -0.15) is 0 Å². The van der Waals surface area contributed by atoms with Crippen LogP contribution < -0.4 is 27.0 Å². The smallest absolute Gasteiger partial charge is 0.337 e. The lowest BCUT2D eigenvalue weighted by atomic mass is 10.2. The zero-order valence-electron chi connectivity index (χ0n) is 19.1. The minimum atomic E-state index is -0.660. The molecule has 1 saturated carbocycles. The third kappa shape index (κ3) is 3.49. The molecule has 0 saturated heterocycles. The van der Waals surface area contributed by atoms with Crippen molar-refractivity contribution in [1.29, 1.82) is 0 Å². The maximum Gasteiger partial charge on any atom is 0.337 e. The zero-order chi connectivity index (χ0) is 24.1. The SMILES string of the molecule is CN(C)c1ccc(Nc2cc(=O)n(C)c3c2c(=O)n(C2CC2)c(=O)n3-c2ccccc2F)cc1. The van der Waals surface area contributed by atoms with E-state index in [1.165, 1.54) is 40.4 Å². The third-order valence-electron chi connectivity index (χ3n) is 6.12. The van der Waals surface area contributed by atoms with E-state index >= 15 is 0 Å². The van der Waals surface area contributed by atoms with E-state index in [9.17, 15) is 18.8 Å². The summed E-state index contributed by atoms with van der Waals surface area (Å²) in [5.41, 5.74) is 0.343. The Morgan fingerprint density at radius 2 is 1.68 bits per heavy atom. The van der Waals surface area contributed by atoms with Crippen LogP contribution in [0.1, 0.15) is 18.9 Å². The van der Waals surface area contributed by atoms with E-state index in [1.807, 2.05) is 43.3 Å². The molecule has 8 nitrogen and oxygen atoms in total. The molecule has 2 aromatic carbocycles. The first kappa shape index (κ1) is 21.7. The molecule has 2 heterocycles. The Morgan fingerprint density at radius 1 is 1.00 bits per heavy atom. The summed E-state index contributed by atoms with van der Waals surface area (Å²) in [6, 6.07) is 14.4. The van der Waals surface area contributed by atoms with E-state index in [4.69, 9.17) is 0 Å². The Balaban J connectivity index is 1.84. The lowest BCUT2D eigenvalue weighted by Crippen LogP contribution is -2.41. The maximum atomic E-state index is 14.9. The van der Waals surface area contributed by atoms with Gasteiger partial charge in [0.25, 0.3) is 11.1 Å². The summed E-state index contributed by atoms with van der Waals surface area (Å²) in [5, 5.41) is 3.31. The number of hydrogen-bond acceptors (Lipinski definition) is 5. The molecule has 2 aromatic heterocycles. The Hall–Kier alpha value is -4.14. The summed E-state index contributed by atoms with van der Waals surface area (Å²) in [7, 11) is 5.33. The Labute approximate surface area is 194 Å². The Bertz CT molecular complexity index is 1590. The first-order chi connectivity index (χ1) is 16.3. The maximum absolute atomic E-state index is 14.9. The molecule has 1 aliphatic rings. The van der Waals surface area contributed by atoms with Crippen LogP contribution >= 0.6 is 0 Å². The van der Waals surface area contributed by atoms with Crippen molar-refractivity contribution in [2.75, 3.05) is 24.3 Å².